The van der Waals surface area contributed by atoms with E-state index < -0.39 is 0 Å². The number of amides is 1. The number of benzene rings is 2. The van der Waals surface area contributed by atoms with E-state index in [0.717, 1.165) is 54.1 Å². The first-order chi connectivity index (χ1) is 16.8. The molecule has 0 radical (unpaired) electrons. The molecule has 1 fully saturated rings. The van der Waals surface area contributed by atoms with Gasteiger partial charge in [-0.3, -0.25) is 4.79 Å². The highest BCUT2D eigenvalue weighted by Crippen LogP contribution is 2.29. The maximum atomic E-state index is 12.9. The molecular weight excluding hydrogens is 456 g/mol. The summed E-state index contributed by atoms with van der Waals surface area (Å²) in [6, 6.07) is 19.8. The van der Waals surface area contributed by atoms with E-state index in [0.29, 0.717) is 11.3 Å². The predicted octanol–water partition coefficient (Wildman–Crippen LogP) is 5.39. The number of hydrogen-bond donors (Lipinski definition) is 1. The van der Waals surface area contributed by atoms with E-state index in [2.05, 4.69) is 37.1 Å². The Labute approximate surface area is 212 Å². The Bertz CT molecular complexity index is 1140. The average Bonchev–Trinajstić information content (AvgIpc) is 2.88. The molecule has 2 aromatic carbocycles. The van der Waals surface area contributed by atoms with Crippen molar-refractivity contribution in [1.82, 2.24) is 15.3 Å². The quantitative estimate of drug-likeness (QED) is 0.354. The summed E-state index contributed by atoms with van der Waals surface area (Å²) >= 11 is 1.60. The number of nitrogens with one attached hydrogen (secondary N) is 1. The van der Waals surface area contributed by atoms with Crippen LogP contribution in [-0.4, -0.2) is 42.2 Å². The molecule has 2 heterocycles. The van der Waals surface area contributed by atoms with Gasteiger partial charge in [-0.05, 0) is 30.2 Å². The van der Waals surface area contributed by atoms with Crippen molar-refractivity contribution in [3.63, 3.8) is 0 Å². The molecule has 4 rings (SSSR count). The van der Waals surface area contributed by atoms with Crippen molar-refractivity contribution >= 4 is 23.5 Å². The minimum atomic E-state index is -0.0766. The van der Waals surface area contributed by atoms with Crippen LogP contribution in [0.3, 0.4) is 0 Å². The summed E-state index contributed by atoms with van der Waals surface area (Å²) in [4.78, 5) is 24.9. The molecule has 0 bridgehead atoms. The molecule has 1 aromatic heterocycles. The monoisotopic (exact) mass is 490 g/mol. The minimum absolute atomic E-state index is 0.0612. The zero-order valence-electron chi connectivity index (χ0n) is 21.0. The molecule has 0 aliphatic carbocycles. The molecule has 7 heteroatoms. The van der Waals surface area contributed by atoms with Gasteiger partial charge in [0, 0.05) is 35.9 Å². The van der Waals surface area contributed by atoms with E-state index in [1.54, 1.807) is 11.8 Å². The predicted molar refractivity (Wildman–Crippen MR) is 142 cm³/mol. The molecule has 1 saturated heterocycles. The number of anilines is 1. The summed E-state index contributed by atoms with van der Waals surface area (Å²) in [6.45, 7) is 11.6. The molecule has 1 aliphatic rings. The summed E-state index contributed by atoms with van der Waals surface area (Å²) in [5, 5.41) is 3.85. The zero-order chi connectivity index (χ0) is 24.8. The number of nitrogens with zero attached hydrogens (tertiary/aromatic N) is 3. The molecule has 1 aliphatic heterocycles. The van der Waals surface area contributed by atoms with Crippen LogP contribution < -0.4 is 10.2 Å². The van der Waals surface area contributed by atoms with Gasteiger partial charge in [0.1, 0.15) is 5.82 Å². The maximum absolute atomic E-state index is 12.9. The molecule has 3 aromatic rings. The van der Waals surface area contributed by atoms with Crippen LogP contribution in [0.25, 0.3) is 0 Å². The molecular formula is C28H34N4O2S. The largest absolute Gasteiger partial charge is 0.378 e. The van der Waals surface area contributed by atoms with Crippen molar-refractivity contribution in [2.75, 3.05) is 31.2 Å². The van der Waals surface area contributed by atoms with E-state index in [-0.39, 0.29) is 17.4 Å². The maximum Gasteiger partial charge on any atom is 0.251 e. The van der Waals surface area contributed by atoms with Crippen molar-refractivity contribution in [3.05, 3.63) is 83.0 Å². The number of morpholine rings is 1. The fraction of sp³-hybridized carbons (Fsp3) is 0.393. The highest BCUT2D eigenvalue weighted by molar-refractivity contribution is 7.98. The second kappa shape index (κ2) is 11.2. The third kappa shape index (κ3) is 6.83. The first-order valence-electron chi connectivity index (χ1n) is 12.1. The Kier molecular flexibility index (Phi) is 8.08. The Hall–Kier alpha value is -2.90. The first-order valence-corrected chi connectivity index (χ1v) is 13.1. The van der Waals surface area contributed by atoms with Crippen molar-refractivity contribution in [2.24, 2.45) is 0 Å². The lowest BCUT2D eigenvalue weighted by Gasteiger charge is -2.29. The van der Waals surface area contributed by atoms with Crippen molar-refractivity contribution in [3.8, 4) is 0 Å². The van der Waals surface area contributed by atoms with E-state index in [4.69, 9.17) is 14.7 Å². The van der Waals surface area contributed by atoms with Gasteiger partial charge in [0.15, 0.2) is 5.16 Å². The summed E-state index contributed by atoms with van der Waals surface area (Å²) in [7, 11) is 0. The van der Waals surface area contributed by atoms with Crippen LogP contribution in [0.5, 0.6) is 0 Å². The van der Waals surface area contributed by atoms with Gasteiger partial charge in [-0.1, -0.05) is 75.0 Å². The average molecular weight is 491 g/mol. The van der Waals surface area contributed by atoms with E-state index in [1.807, 2.05) is 61.5 Å². The van der Waals surface area contributed by atoms with Crippen LogP contribution in [0.1, 0.15) is 60.9 Å². The summed E-state index contributed by atoms with van der Waals surface area (Å²) in [5.74, 6) is 1.57. The summed E-state index contributed by atoms with van der Waals surface area (Å²) in [6.07, 6.45) is 0. The van der Waals surface area contributed by atoms with Crippen molar-refractivity contribution < 1.29 is 9.53 Å². The van der Waals surface area contributed by atoms with Crippen LogP contribution in [0.4, 0.5) is 5.82 Å². The molecule has 1 N–H and O–H groups in total. The molecule has 0 spiro atoms. The Balaban J connectivity index is 1.46. The van der Waals surface area contributed by atoms with Gasteiger partial charge < -0.3 is 15.0 Å². The van der Waals surface area contributed by atoms with Crippen LogP contribution in [0.2, 0.25) is 0 Å². The number of ether oxygens (including phenoxy) is 1. The molecule has 1 atom stereocenters. The Morgan fingerprint density at radius 2 is 1.80 bits per heavy atom. The number of carbonyl (C=O) groups excluding carboxylic acids is 1. The lowest BCUT2D eigenvalue weighted by Crippen LogP contribution is -2.37. The van der Waals surface area contributed by atoms with Gasteiger partial charge in [0.2, 0.25) is 0 Å². The molecule has 1 amide bonds. The standard InChI is InChI=1S/C28H34N4O2S/c1-20(22-10-6-5-7-11-22)29-26(33)23-12-8-9-21(17-23)19-35-27-30-24(28(2,3)4)18-25(31-27)32-13-15-34-16-14-32/h5-12,17-18,20H,13-16,19H2,1-4H3,(H,29,33). The summed E-state index contributed by atoms with van der Waals surface area (Å²) in [5.41, 5.74) is 3.75. The van der Waals surface area contributed by atoms with Gasteiger partial charge in [-0.2, -0.15) is 0 Å². The van der Waals surface area contributed by atoms with Gasteiger partial charge in [0.25, 0.3) is 5.91 Å². The second-order valence-corrected chi connectivity index (χ2v) is 10.8. The lowest BCUT2D eigenvalue weighted by atomic mass is 9.92. The van der Waals surface area contributed by atoms with Crippen molar-refractivity contribution in [2.45, 2.75) is 50.1 Å². The second-order valence-electron chi connectivity index (χ2n) is 9.84. The highest BCUT2D eigenvalue weighted by Gasteiger charge is 2.21. The SMILES string of the molecule is CC(NC(=O)c1cccc(CSc2nc(N3CCOCC3)cc(C(C)(C)C)n2)c1)c1ccccc1. The molecule has 6 nitrogen and oxygen atoms in total. The van der Waals surface area contributed by atoms with Crippen LogP contribution in [0, 0.1) is 0 Å². The molecule has 35 heavy (non-hydrogen) atoms. The van der Waals surface area contributed by atoms with E-state index in [1.165, 1.54) is 0 Å². The number of thioether (sulfide) groups is 1. The lowest BCUT2D eigenvalue weighted by molar-refractivity contribution is 0.0939. The number of carbonyl (C=O) groups is 1. The van der Waals surface area contributed by atoms with Crippen molar-refractivity contribution in [1.29, 1.82) is 0 Å². The third-order valence-electron chi connectivity index (χ3n) is 6.00. The highest BCUT2D eigenvalue weighted by atomic mass is 32.2. The number of rotatable bonds is 7. The summed E-state index contributed by atoms with van der Waals surface area (Å²) < 4.78 is 5.51. The topological polar surface area (TPSA) is 67.4 Å². The van der Waals surface area contributed by atoms with Crippen LogP contribution >= 0.6 is 11.8 Å². The number of hydrogen-bond acceptors (Lipinski definition) is 6. The van der Waals surface area contributed by atoms with Crippen LogP contribution in [0.15, 0.2) is 65.8 Å². The number of aromatic nitrogens is 2. The fourth-order valence-corrected chi connectivity index (χ4v) is 4.67. The minimum Gasteiger partial charge on any atom is -0.378 e. The Morgan fingerprint density at radius 3 is 2.51 bits per heavy atom. The van der Waals surface area contributed by atoms with Gasteiger partial charge in [0.05, 0.1) is 24.9 Å². The zero-order valence-corrected chi connectivity index (χ0v) is 21.8. The molecule has 0 saturated carbocycles. The Morgan fingerprint density at radius 1 is 1.06 bits per heavy atom. The van der Waals surface area contributed by atoms with E-state index in [9.17, 15) is 4.79 Å². The van der Waals surface area contributed by atoms with Gasteiger partial charge in [-0.15, -0.1) is 0 Å². The third-order valence-corrected chi connectivity index (χ3v) is 6.92. The smallest absolute Gasteiger partial charge is 0.251 e. The molecule has 184 valence electrons. The molecule has 1 unspecified atom stereocenters. The van der Waals surface area contributed by atoms with E-state index >= 15 is 0 Å². The normalized spacial score (nSPS) is 15.0. The fourth-order valence-electron chi connectivity index (χ4n) is 3.87. The van der Waals surface area contributed by atoms with Gasteiger partial charge >= 0.3 is 0 Å². The first kappa shape index (κ1) is 25.2. The van der Waals surface area contributed by atoms with Gasteiger partial charge in [-0.25, -0.2) is 9.97 Å². The van der Waals surface area contributed by atoms with Crippen LogP contribution in [-0.2, 0) is 15.9 Å².